The van der Waals surface area contributed by atoms with Crippen molar-refractivity contribution in [3.05, 3.63) is 0 Å². The molecule has 4 heteroatoms. The van der Waals surface area contributed by atoms with Gasteiger partial charge in [-0.3, -0.25) is 4.79 Å². The van der Waals surface area contributed by atoms with Crippen LogP contribution in [-0.4, -0.2) is 61.0 Å². The second-order valence-corrected chi connectivity index (χ2v) is 5.26. The van der Waals surface area contributed by atoms with Crippen molar-refractivity contribution in [1.29, 1.82) is 0 Å². The Bertz CT molecular complexity index is 245. The summed E-state index contributed by atoms with van der Waals surface area (Å²) in [6, 6.07) is -0.0179. The van der Waals surface area contributed by atoms with Crippen LogP contribution < -0.4 is 5.32 Å². The molecule has 98 valence electrons. The van der Waals surface area contributed by atoms with E-state index >= 15 is 0 Å². The van der Waals surface area contributed by atoms with Gasteiger partial charge in [0.25, 0.3) is 0 Å². The second-order valence-electron chi connectivity index (χ2n) is 5.26. The number of hydrogen-bond acceptors (Lipinski definition) is 3. The summed E-state index contributed by atoms with van der Waals surface area (Å²) >= 11 is 0. The van der Waals surface area contributed by atoms with Gasteiger partial charge in [0.15, 0.2) is 0 Å². The summed E-state index contributed by atoms with van der Waals surface area (Å²) in [5, 5.41) is 3.35. The lowest BCUT2D eigenvalue weighted by Crippen LogP contribution is -2.45. The number of rotatable bonds is 5. The van der Waals surface area contributed by atoms with Crippen molar-refractivity contribution in [2.75, 3.05) is 39.3 Å². The van der Waals surface area contributed by atoms with Crippen LogP contribution in [0.15, 0.2) is 0 Å². The van der Waals surface area contributed by atoms with E-state index in [4.69, 9.17) is 0 Å². The van der Waals surface area contributed by atoms with Crippen molar-refractivity contribution in [2.24, 2.45) is 0 Å². The Morgan fingerprint density at radius 2 is 1.71 bits per heavy atom. The summed E-state index contributed by atoms with van der Waals surface area (Å²) in [7, 11) is 0. The normalized spacial score (nSPS) is 23.2. The maximum absolute atomic E-state index is 12.0. The summed E-state index contributed by atoms with van der Waals surface area (Å²) in [5.74, 6) is 0.281. The highest BCUT2D eigenvalue weighted by molar-refractivity contribution is 5.81. The fourth-order valence-electron chi connectivity index (χ4n) is 2.74. The van der Waals surface area contributed by atoms with E-state index in [2.05, 4.69) is 10.2 Å². The largest absolute Gasteiger partial charge is 0.341 e. The minimum absolute atomic E-state index is 0.0179. The molecule has 0 aromatic carbocycles. The van der Waals surface area contributed by atoms with Crippen LogP contribution in [0.3, 0.4) is 0 Å². The average molecular weight is 239 g/mol. The first-order chi connectivity index (χ1) is 8.27. The highest BCUT2D eigenvalue weighted by atomic mass is 16.2. The third kappa shape index (κ3) is 3.68. The third-order valence-electron chi connectivity index (χ3n) is 3.87. The van der Waals surface area contributed by atoms with E-state index in [1.807, 2.05) is 11.8 Å². The van der Waals surface area contributed by atoms with E-state index in [0.717, 1.165) is 26.2 Å². The maximum atomic E-state index is 12.0. The molecule has 0 bridgehead atoms. The van der Waals surface area contributed by atoms with Crippen molar-refractivity contribution >= 4 is 5.91 Å². The van der Waals surface area contributed by atoms with Gasteiger partial charge >= 0.3 is 0 Å². The Morgan fingerprint density at radius 1 is 1.12 bits per heavy atom. The molecule has 2 aliphatic heterocycles. The zero-order chi connectivity index (χ0) is 12.1. The third-order valence-corrected chi connectivity index (χ3v) is 3.87. The van der Waals surface area contributed by atoms with Gasteiger partial charge in [0.1, 0.15) is 0 Å². The van der Waals surface area contributed by atoms with Crippen molar-refractivity contribution in [2.45, 2.75) is 38.6 Å². The van der Waals surface area contributed by atoms with E-state index in [-0.39, 0.29) is 11.9 Å². The summed E-state index contributed by atoms with van der Waals surface area (Å²) in [5.41, 5.74) is 0. The number of nitrogens with one attached hydrogen (secondary N) is 1. The van der Waals surface area contributed by atoms with Crippen molar-refractivity contribution in [3.63, 3.8) is 0 Å². The average Bonchev–Trinajstić information content (AvgIpc) is 3.00. The molecule has 4 nitrogen and oxygen atoms in total. The predicted octanol–water partition coefficient (Wildman–Crippen LogP) is 0.683. The maximum Gasteiger partial charge on any atom is 0.239 e. The van der Waals surface area contributed by atoms with Crippen LogP contribution >= 0.6 is 0 Å². The highest BCUT2D eigenvalue weighted by Crippen LogP contribution is 2.09. The Hall–Kier alpha value is -0.610. The Balaban J connectivity index is 1.62. The summed E-state index contributed by atoms with van der Waals surface area (Å²) < 4.78 is 0. The Kier molecular flexibility index (Phi) is 4.80. The van der Waals surface area contributed by atoms with Crippen molar-refractivity contribution in [3.8, 4) is 0 Å². The first-order valence-corrected chi connectivity index (χ1v) is 7.02. The number of amides is 1. The van der Waals surface area contributed by atoms with Crippen LogP contribution in [0.25, 0.3) is 0 Å². The molecular weight excluding hydrogens is 214 g/mol. The zero-order valence-corrected chi connectivity index (χ0v) is 11.0. The molecule has 0 aromatic heterocycles. The number of carbonyl (C=O) groups is 1. The van der Waals surface area contributed by atoms with Crippen molar-refractivity contribution in [1.82, 2.24) is 15.1 Å². The smallest absolute Gasteiger partial charge is 0.239 e. The summed E-state index contributed by atoms with van der Waals surface area (Å²) in [6.07, 6.45) is 5.02. The molecule has 0 aliphatic carbocycles. The lowest BCUT2D eigenvalue weighted by atomic mass is 10.3. The van der Waals surface area contributed by atoms with E-state index in [0.29, 0.717) is 0 Å². The highest BCUT2D eigenvalue weighted by Gasteiger charge is 2.22. The number of nitrogens with zero attached hydrogens (tertiary/aromatic N) is 2. The van der Waals surface area contributed by atoms with Crippen molar-refractivity contribution < 1.29 is 4.79 Å². The van der Waals surface area contributed by atoms with Gasteiger partial charge in [0, 0.05) is 26.2 Å². The molecule has 17 heavy (non-hydrogen) atoms. The first kappa shape index (κ1) is 12.8. The predicted molar refractivity (Wildman–Crippen MR) is 69.0 cm³/mol. The monoisotopic (exact) mass is 239 g/mol. The standard InChI is InChI=1S/C13H25N3O/c1-12(13(17)16-9-4-5-10-16)14-6-11-15-7-2-3-8-15/h12,14H,2-11H2,1H3. The fraction of sp³-hybridized carbons (Fsp3) is 0.923. The van der Waals surface area contributed by atoms with Crippen LogP contribution in [0.5, 0.6) is 0 Å². The van der Waals surface area contributed by atoms with Crippen LogP contribution in [0, 0.1) is 0 Å². The van der Waals surface area contributed by atoms with Gasteiger partial charge in [-0.15, -0.1) is 0 Å². The topological polar surface area (TPSA) is 35.6 Å². The zero-order valence-electron chi connectivity index (χ0n) is 11.0. The molecule has 1 amide bonds. The Morgan fingerprint density at radius 3 is 2.35 bits per heavy atom. The molecule has 2 rings (SSSR count). The van der Waals surface area contributed by atoms with Gasteiger partial charge in [0.05, 0.1) is 6.04 Å². The molecule has 2 saturated heterocycles. The molecule has 2 fully saturated rings. The van der Waals surface area contributed by atoms with Gasteiger partial charge in [-0.05, 0) is 45.7 Å². The molecule has 0 aromatic rings. The number of hydrogen-bond donors (Lipinski definition) is 1. The molecule has 1 atom stereocenters. The second kappa shape index (κ2) is 6.36. The molecular formula is C13H25N3O. The van der Waals surface area contributed by atoms with Crippen LogP contribution in [0.2, 0.25) is 0 Å². The molecule has 0 saturated carbocycles. The van der Waals surface area contributed by atoms with Crippen LogP contribution in [0.4, 0.5) is 0 Å². The van der Waals surface area contributed by atoms with Crippen LogP contribution in [-0.2, 0) is 4.79 Å². The first-order valence-electron chi connectivity index (χ1n) is 7.02. The minimum Gasteiger partial charge on any atom is -0.341 e. The Labute approximate surface area is 104 Å². The fourth-order valence-corrected chi connectivity index (χ4v) is 2.74. The number of carbonyl (C=O) groups excluding carboxylic acids is 1. The van der Waals surface area contributed by atoms with Gasteiger partial charge < -0.3 is 15.1 Å². The quantitative estimate of drug-likeness (QED) is 0.766. The minimum atomic E-state index is -0.0179. The molecule has 1 unspecified atom stereocenters. The summed E-state index contributed by atoms with van der Waals surface area (Å²) in [6.45, 7) is 8.38. The summed E-state index contributed by atoms with van der Waals surface area (Å²) in [4.78, 5) is 16.5. The number of likely N-dealkylation sites (tertiary alicyclic amines) is 2. The molecule has 0 spiro atoms. The van der Waals surface area contributed by atoms with E-state index in [9.17, 15) is 4.79 Å². The van der Waals surface area contributed by atoms with Gasteiger partial charge in [-0.1, -0.05) is 0 Å². The lowest BCUT2D eigenvalue weighted by Gasteiger charge is -2.22. The van der Waals surface area contributed by atoms with Crippen LogP contribution in [0.1, 0.15) is 32.6 Å². The van der Waals surface area contributed by atoms with E-state index in [1.54, 1.807) is 0 Å². The SMILES string of the molecule is CC(NCCN1CCCC1)C(=O)N1CCCC1. The molecule has 2 heterocycles. The van der Waals surface area contributed by atoms with Gasteiger partial charge in [-0.25, -0.2) is 0 Å². The van der Waals surface area contributed by atoms with Gasteiger partial charge in [-0.2, -0.15) is 0 Å². The molecule has 1 N–H and O–H groups in total. The molecule has 2 aliphatic rings. The van der Waals surface area contributed by atoms with E-state index in [1.165, 1.54) is 38.8 Å². The lowest BCUT2D eigenvalue weighted by molar-refractivity contribution is -0.131. The van der Waals surface area contributed by atoms with E-state index < -0.39 is 0 Å². The molecule has 0 radical (unpaired) electrons. The van der Waals surface area contributed by atoms with Gasteiger partial charge in [0.2, 0.25) is 5.91 Å².